The fraction of sp³-hybridized carbons (Fsp3) is 1.00. The van der Waals surface area contributed by atoms with Crippen LogP contribution in [0.5, 0.6) is 0 Å². The summed E-state index contributed by atoms with van der Waals surface area (Å²) in [5, 5.41) is 21.8. The Bertz CT molecular complexity index is 169. The summed E-state index contributed by atoms with van der Waals surface area (Å²) < 4.78 is 103. The Morgan fingerprint density at radius 2 is 0.600 bits per heavy atom. The Kier molecular flexibility index (Phi) is 19.0. The maximum absolute atomic E-state index is 10.5. The molecular formula is C6H9F9O4V. The average molecular weight is 367 g/mol. The Hall–Kier alpha value is -0.366. The van der Waals surface area contributed by atoms with Crippen LogP contribution in [0.15, 0.2) is 0 Å². The molecule has 0 atom stereocenters. The summed E-state index contributed by atoms with van der Waals surface area (Å²) in [6.45, 7) is -5.19. The van der Waals surface area contributed by atoms with E-state index >= 15 is 0 Å². The molecule has 3 N–H and O–H groups in total. The van der Waals surface area contributed by atoms with E-state index in [1.165, 1.54) is 0 Å². The standard InChI is InChI=1S/3C2H3F3O.O.V/c3*3-2(4,5)1-6;;/h3*6H,1H2;;. The van der Waals surface area contributed by atoms with Gasteiger partial charge in [-0.1, -0.05) is 0 Å². The van der Waals surface area contributed by atoms with Crippen molar-refractivity contribution in [3.63, 3.8) is 0 Å². The van der Waals surface area contributed by atoms with E-state index in [4.69, 9.17) is 19.0 Å². The second kappa shape index (κ2) is 13.6. The van der Waals surface area contributed by atoms with Gasteiger partial charge in [0.15, 0.2) is 0 Å². The van der Waals surface area contributed by atoms with Crippen molar-refractivity contribution in [2.75, 3.05) is 19.8 Å². The third-order valence-corrected chi connectivity index (χ3v) is 0.538. The van der Waals surface area contributed by atoms with E-state index in [2.05, 4.69) is 0 Å². The predicted octanol–water partition coefficient (Wildman–Crippen LogP) is 1.50. The molecule has 4 nitrogen and oxygen atoms in total. The first kappa shape index (κ1) is 27.9. The molecule has 0 radical (unpaired) electrons. The molecule has 0 rings (SSSR count). The molecule has 0 aliphatic carbocycles. The molecule has 0 aromatic rings. The first-order valence-corrected chi connectivity index (χ1v) is 4.46. The van der Waals surface area contributed by atoms with Crippen LogP contribution >= 0.6 is 0 Å². The van der Waals surface area contributed by atoms with Gasteiger partial charge in [0.25, 0.3) is 0 Å². The van der Waals surface area contributed by atoms with Crippen LogP contribution in [0.2, 0.25) is 0 Å². The minimum absolute atomic E-state index is 1.06. The average Bonchev–Trinajstić information content (AvgIpc) is 2.30. The molecule has 0 bridgehead atoms. The molecule has 0 aromatic carbocycles. The summed E-state index contributed by atoms with van der Waals surface area (Å²) in [4.78, 5) is 0. The summed E-state index contributed by atoms with van der Waals surface area (Å²) in [6, 6.07) is 0. The third kappa shape index (κ3) is 65.5. The van der Waals surface area contributed by atoms with Gasteiger partial charge in [0.1, 0.15) is 19.8 Å². The van der Waals surface area contributed by atoms with Crippen molar-refractivity contribution >= 4 is 0 Å². The summed E-state index contributed by atoms with van der Waals surface area (Å²) in [7, 11) is 0. The van der Waals surface area contributed by atoms with Crippen LogP contribution in [-0.4, -0.2) is 53.7 Å². The van der Waals surface area contributed by atoms with E-state index in [9.17, 15) is 39.5 Å². The SMILES string of the molecule is OCC(F)(F)F.OCC(F)(F)F.OCC(F)(F)F.[O]=[V]. The molecule has 125 valence electrons. The van der Waals surface area contributed by atoms with E-state index < -0.39 is 38.3 Å². The zero-order valence-electron chi connectivity index (χ0n) is 9.22. The normalized spacial score (nSPS) is 10.9. The zero-order valence-corrected chi connectivity index (χ0v) is 10.6. The molecule has 0 saturated heterocycles. The predicted molar refractivity (Wildman–Crippen MR) is 40.1 cm³/mol. The van der Waals surface area contributed by atoms with Gasteiger partial charge < -0.3 is 15.3 Å². The molecule has 20 heavy (non-hydrogen) atoms. The number of hydrogen-bond donors (Lipinski definition) is 3. The molecule has 0 fully saturated rings. The molecule has 0 aliphatic rings. The van der Waals surface area contributed by atoms with Crippen LogP contribution < -0.4 is 0 Å². The van der Waals surface area contributed by atoms with Crippen LogP contribution in [0.25, 0.3) is 0 Å². The van der Waals surface area contributed by atoms with Gasteiger partial charge in [0.05, 0.1) is 0 Å². The van der Waals surface area contributed by atoms with Gasteiger partial charge in [0, 0.05) is 0 Å². The number of aliphatic hydroxyl groups is 3. The van der Waals surface area contributed by atoms with Gasteiger partial charge in [-0.05, 0) is 0 Å². The van der Waals surface area contributed by atoms with E-state index in [1.807, 2.05) is 0 Å². The fourth-order valence-corrected chi connectivity index (χ4v) is 0. The molecular weight excluding hydrogens is 358 g/mol. The Labute approximate surface area is 115 Å². The first-order valence-electron chi connectivity index (χ1n) is 3.89. The molecule has 0 aliphatic heterocycles. The number of aliphatic hydroxyl groups excluding tert-OH is 3. The molecule has 14 heteroatoms. The summed E-state index contributed by atoms with van der Waals surface area (Å²) in [5.41, 5.74) is 0. The van der Waals surface area contributed by atoms with E-state index in [0.29, 0.717) is 0 Å². The minimum atomic E-state index is -4.40. The third-order valence-electron chi connectivity index (χ3n) is 0.538. The molecule has 0 heterocycles. The monoisotopic (exact) mass is 367 g/mol. The topological polar surface area (TPSA) is 77.8 Å². The molecule has 0 amide bonds. The van der Waals surface area contributed by atoms with Crippen LogP contribution in [0.1, 0.15) is 0 Å². The summed E-state index contributed by atoms with van der Waals surface area (Å²) in [5.74, 6) is 0. The van der Waals surface area contributed by atoms with E-state index in [-0.39, 0.29) is 0 Å². The Morgan fingerprint density at radius 1 is 0.550 bits per heavy atom. The first-order chi connectivity index (χ1) is 8.68. The fourth-order valence-electron chi connectivity index (χ4n) is 0. The van der Waals surface area contributed by atoms with Crippen molar-refractivity contribution in [3.05, 3.63) is 0 Å². The summed E-state index contributed by atoms with van der Waals surface area (Å²) in [6.07, 6.45) is -13.2. The van der Waals surface area contributed by atoms with E-state index in [1.54, 1.807) is 0 Å². The van der Waals surface area contributed by atoms with Gasteiger partial charge in [-0.25, -0.2) is 0 Å². The quantitative estimate of drug-likeness (QED) is 0.568. The Morgan fingerprint density at radius 3 is 0.600 bits per heavy atom. The maximum atomic E-state index is 10.5. The number of rotatable bonds is 0. The zero-order chi connectivity index (χ0) is 17.6. The van der Waals surface area contributed by atoms with Crippen LogP contribution in [0.3, 0.4) is 0 Å². The van der Waals surface area contributed by atoms with Crippen molar-refractivity contribution in [3.8, 4) is 0 Å². The van der Waals surface area contributed by atoms with Gasteiger partial charge in [-0.2, -0.15) is 39.5 Å². The van der Waals surface area contributed by atoms with Gasteiger partial charge in [0.2, 0.25) is 0 Å². The molecule has 0 saturated carbocycles. The second-order valence-corrected chi connectivity index (χ2v) is 2.32. The molecule has 0 spiro atoms. The van der Waals surface area contributed by atoms with Crippen molar-refractivity contribution in [1.29, 1.82) is 0 Å². The van der Waals surface area contributed by atoms with Gasteiger partial charge >= 0.3 is 39.6 Å². The van der Waals surface area contributed by atoms with Crippen molar-refractivity contribution in [2.45, 2.75) is 18.5 Å². The van der Waals surface area contributed by atoms with Crippen LogP contribution in [-0.2, 0) is 21.0 Å². The molecule has 0 unspecified atom stereocenters. The van der Waals surface area contributed by atoms with Crippen molar-refractivity contribution in [1.82, 2.24) is 0 Å². The van der Waals surface area contributed by atoms with Crippen molar-refractivity contribution < 1.29 is 75.9 Å². The number of alkyl halides is 9. The van der Waals surface area contributed by atoms with Gasteiger partial charge in [-0.15, -0.1) is 0 Å². The van der Waals surface area contributed by atoms with Crippen LogP contribution in [0.4, 0.5) is 39.5 Å². The van der Waals surface area contributed by atoms with Crippen LogP contribution in [0, 0.1) is 0 Å². The Balaban J connectivity index is -0.0000000902. The molecule has 0 aromatic heterocycles. The van der Waals surface area contributed by atoms with Gasteiger partial charge in [-0.3, -0.25) is 0 Å². The van der Waals surface area contributed by atoms with E-state index in [0.717, 1.165) is 17.4 Å². The van der Waals surface area contributed by atoms with Crippen molar-refractivity contribution in [2.24, 2.45) is 0 Å². The number of hydrogen-bond acceptors (Lipinski definition) is 4. The summed E-state index contributed by atoms with van der Waals surface area (Å²) >= 11 is 1.06. The number of halogens is 9. The second-order valence-electron chi connectivity index (χ2n) is 2.32.